The van der Waals surface area contributed by atoms with Gasteiger partial charge < -0.3 is 15.6 Å². The van der Waals surface area contributed by atoms with Crippen LogP contribution in [-0.4, -0.2) is 24.4 Å². The van der Waals surface area contributed by atoms with Crippen LogP contribution >= 0.6 is 0 Å². The van der Waals surface area contributed by atoms with Crippen LogP contribution in [0, 0.1) is 0 Å². The van der Waals surface area contributed by atoms with Gasteiger partial charge in [0.05, 0.1) is 0 Å². The molecular formula is C13H19F2NO2. The lowest BCUT2D eigenvalue weighted by atomic mass is 9.87. The number of ether oxygens (including phenoxy) is 1. The first kappa shape index (κ1) is 14.9. The fraction of sp³-hybridized carbons (Fsp3) is 0.538. The Morgan fingerprint density at radius 1 is 1.33 bits per heavy atom. The van der Waals surface area contributed by atoms with Gasteiger partial charge in [0, 0.05) is 18.6 Å². The average Bonchev–Trinajstić information content (AvgIpc) is 2.35. The Bertz CT molecular complexity index is 361. The van der Waals surface area contributed by atoms with E-state index in [2.05, 4.69) is 4.74 Å². The molecule has 0 aliphatic rings. The Balaban J connectivity index is 3.02. The average molecular weight is 259 g/mol. The number of nitrogens with two attached hydrogens (primary N) is 1. The summed E-state index contributed by atoms with van der Waals surface area (Å²) < 4.78 is 29.2. The molecule has 1 aromatic carbocycles. The molecule has 0 spiro atoms. The zero-order valence-corrected chi connectivity index (χ0v) is 10.4. The van der Waals surface area contributed by atoms with Crippen molar-refractivity contribution in [1.29, 1.82) is 0 Å². The van der Waals surface area contributed by atoms with E-state index in [-0.39, 0.29) is 24.3 Å². The Labute approximate surface area is 106 Å². The molecule has 5 heteroatoms. The maximum Gasteiger partial charge on any atom is 0.387 e. The molecule has 3 N–H and O–H groups in total. The monoisotopic (exact) mass is 259 g/mol. The SMILES string of the molecule is CCC(N)C(CCO)c1ccccc1OC(F)F. The van der Waals surface area contributed by atoms with Crippen molar-refractivity contribution < 1.29 is 18.6 Å². The van der Waals surface area contributed by atoms with Crippen LogP contribution in [0.25, 0.3) is 0 Å². The second-order valence-electron chi connectivity index (χ2n) is 4.11. The minimum Gasteiger partial charge on any atom is -0.435 e. The summed E-state index contributed by atoms with van der Waals surface area (Å²) in [5.41, 5.74) is 6.61. The molecule has 0 heterocycles. The number of aliphatic hydroxyl groups is 1. The Morgan fingerprint density at radius 3 is 2.56 bits per heavy atom. The number of alkyl halides is 2. The number of rotatable bonds is 7. The van der Waals surface area contributed by atoms with E-state index in [1.165, 1.54) is 6.07 Å². The summed E-state index contributed by atoms with van der Waals surface area (Å²) in [4.78, 5) is 0. The van der Waals surface area contributed by atoms with E-state index < -0.39 is 6.61 Å². The molecule has 0 amide bonds. The second-order valence-corrected chi connectivity index (χ2v) is 4.11. The van der Waals surface area contributed by atoms with Crippen molar-refractivity contribution in [2.45, 2.75) is 38.3 Å². The third-order valence-corrected chi connectivity index (χ3v) is 2.96. The van der Waals surface area contributed by atoms with Crippen molar-refractivity contribution in [2.24, 2.45) is 5.73 Å². The van der Waals surface area contributed by atoms with Gasteiger partial charge in [-0.05, 0) is 24.5 Å². The largest absolute Gasteiger partial charge is 0.435 e. The fourth-order valence-electron chi connectivity index (χ4n) is 2.01. The standard InChI is InChI=1S/C13H19F2NO2/c1-2-11(16)9(7-8-17)10-5-3-4-6-12(10)18-13(14)15/h3-6,9,11,13,17H,2,7-8,16H2,1H3. The predicted octanol–water partition coefficient (Wildman–Crippen LogP) is 2.49. The summed E-state index contributed by atoms with van der Waals surface area (Å²) in [6.07, 6.45) is 1.13. The smallest absolute Gasteiger partial charge is 0.387 e. The summed E-state index contributed by atoms with van der Waals surface area (Å²) in [5, 5.41) is 9.07. The molecule has 2 unspecified atom stereocenters. The zero-order valence-electron chi connectivity index (χ0n) is 10.4. The second kappa shape index (κ2) is 7.28. The molecule has 18 heavy (non-hydrogen) atoms. The van der Waals surface area contributed by atoms with Crippen LogP contribution in [0.1, 0.15) is 31.2 Å². The van der Waals surface area contributed by atoms with Crippen LogP contribution in [0.15, 0.2) is 24.3 Å². The number of para-hydroxylation sites is 1. The van der Waals surface area contributed by atoms with Crippen LogP contribution in [0.2, 0.25) is 0 Å². The van der Waals surface area contributed by atoms with Gasteiger partial charge in [-0.1, -0.05) is 25.1 Å². The third kappa shape index (κ3) is 3.92. The van der Waals surface area contributed by atoms with Crippen molar-refractivity contribution in [2.75, 3.05) is 6.61 Å². The van der Waals surface area contributed by atoms with E-state index in [0.717, 1.165) is 0 Å². The first-order valence-electron chi connectivity index (χ1n) is 6.00. The van der Waals surface area contributed by atoms with E-state index >= 15 is 0 Å². The Hall–Kier alpha value is -1.20. The molecule has 1 aromatic rings. The summed E-state index contributed by atoms with van der Waals surface area (Å²) >= 11 is 0. The van der Waals surface area contributed by atoms with Crippen molar-refractivity contribution in [3.8, 4) is 5.75 Å². The number of aliphatic hydroxyl groups excluding tert-OH is 1. The molecule has 1 rings (SSSR count). The third-order valence-electron chi connectivity index (χ3n) is 2.96. The topological polar surface area (TPSA) is 55.5 Å². The molecule has 0 radical (unpaired) electrons. The molecule has 0 saturated heterocycles. The molecule has 3 nitrogen and oxygen atoms in total. The van der Waals surface area contributed by atoms with E-state index in [4.69, 9.17) is 10.8 Å². The number of benzene rings is 1. The van der Waals surface area contributed by atoms with Crippen LogP contribution in [0.3, 0.4) is 0 Å². The highest BCUT2D eigenvalue weighted by Crippen LogP contribution is 2.32. The normalized spacial score (nSPS) is 14.6. The van der Waals surface area contributed by atoms with Gasteiger partial charge in [0.1, 0.15) is 5.75 Å². The lowest BCUT2D eigenvalue weighted by molar-refractivity contribution is -0.0507. The van der Waals surface area contributed by atoms with Crippen molar-refractivity contribution in [1.82, 2.24) is 0 Å². The van der Waals surface area contributed by atoms with Gasteiger partial charge in [0.15, 0.2) is 0 Å². The zero-order chi connectivity index (χ0) is 13.5. The van der Waals surface area contributed by atoms with Crippen LogP contribution < -0.4 is 10.5 Å². The van der Waals surface area contributed by atoms with Gasteiger partial charge in [0.2, 0.25) is 0 Å². The fourth-order valence-corrected chi connectivity index (χ4v) is 2.01. The van der Waals surface area contributed by atoms with E-state index in [1.54, 1.807) is 18.2 Å². The summed E-state index contributed by atoms with van der Waals surface area (Å²) in [7, 11) is 0. The van der Waals surface area contributed by atoms with Gasteiger partial charge in [0.25, 0.3) is 0 Å². The van der Waals surface area contributed by atoms with Gasteiger partial charge in [-0.25, -0.2) is 0 Å². The highest BCUT2D eigenvalue weighted by atomic mass is 19.3. The highest BCUT2D eigenvalue weighted by molar-refractivity contribution is 5.37. The van der Waals surface area contributed by atoms with E-state index in [0.29, 0.717) is 18.4 Å². The molecule has 0 bridgehead atoms. The number of hydrogen-bond acceptors (Lipinski definition) is 3. The van der Waals surface area contributed by atoms with Gasteiger partial charge in [-0.2, -0.15) is 8.78 Å². The van der Waals surface area contributed by atoms with Gasteiger partial charge in [-0.15, -0.1) is 0 Å². The summed E-state index contributed by atoms with van der Waals surface area (Å²) in [6, 6.07) is 6.40. The molecule has 0 aliphatic heterocycles. The first-order chi connectivity index (χ1) is 8.60. The predicted molar refractivity (Wildman–Crippen MR) is 65.8 cm³/mol. The molecule has 0 aliphatic carbocycles. The van der Waals surface area contributed by atoms with Crippen LogP contribution in [0.4, 0.5) is 8.78 Å². The lowest BCUT2D eigenvalue weighted by Gasteiger charge is -2.24. The molecule has 102 valence electrons. The Morgan fingerprint density at radius 2 is 2.00 bits per heavy atom. The van der Waals surface area contributed by atoms with Gasteiger partial charge in [-0.3, -0.25) is 0 Å². The lowest BCUT2D eigenvalue weighted by Crippen LogP contribution is -2.29. The van der Waals surface area contributed by atoms with E-state index in [9.17, 15) is 8.78 Å². The van der Waals surface area contributed by atoms with E-state index in [1.807, 2.05) is 6.92 Å². The van der Waals surface area contributed by atoms with Crippen molar-refractivity contribution >= 4 is 0 Å². The molecule has 0 aromatic heterocycles. The highest BCUT2D eigenvalue weighted by Gasteiger charge is 2.22. The van der Waals surface area contributed by atoms with Crippen molar-refractivity contribution in [3.63, 3.8) is 0 Å². The molecule has 0 fully saturated rings. The maximum absolute atomic E-state index is 12.3. The molecular weight excluding hydrogens is 240 g/mol. The summed E-state index contributed by atoms with van der Waals surface area (Å²) in [6.45, 7) is -0.980. The summed E-state index contributed by atoms with van der Waals surface area (Å²) in [5.74, 6) is -0.0511. The van der Waals surface area contributed by atoms with Crippen LogP contribution in [0.5, 0.6) is 5.75 Å². The molecule has 2 atom stereocenters. The van der Waals surface area contributed by atoms with Crippen molar-refractivity contribution in [3.05, 3.63) is 29.8 Å². The minimum atomic E-state index is -2.86. The quantitative estimate of drug-likeness (QED) is 0.791. The Kier molecular flexibility index (Phi) is 6.01. The van der Waals surface area contributed by atoms with Gasteiger partial charge >= 0.3 is 6.61 Å². The molecule has 0 saturated carbocycles. The maximum atomic E-state index is 12.3. The number of hydrogen-bond donors (Lipinski definition) is 2. The minimum absolute atomic E-state index is 0.0403. The van der Waals surface area contributed by atoms with Crippen LogP contribution in [-0.2, 0) is 0 Å². The first-order valence-corrected chi connectivity index (χ1v) is 6.00. The number of halogens is 2.